The van der Waals surface area contributed by atoms with Crippen molar-refractivity contribution < 1.29 is 18.3 Å². The van der Waals surface area contributed by atoms with Crippen molar-refractivity contribution >= 4 is 11.7 Å². The molecule has 1 aromatic rings. The number of benzene rings is 1. The highest BCUT2D eigenvalue weighted by Gasteiger charge is 2.38. The molecule has 1 unspecified atom stereocenters. The first-order chi connectivity index (χ1) is 8.06. The molecule has 0 N–H and O–H groups in total. The molecule has 0 spiro atoms. The zero-order chi connectivity index (χ0) is 12.6. The number of carbonyl (C=O) groups is 1. The number of esters is 1. The summed E-state index contributed by atoms with van der Waals surface area (Å²) in [6.07, 6.45) is 0.555. The highest BCUT2D eigenvalue weighted by Crippen LogP contribution is 2.33. The molecule has 1 aliphatic heterocycles. The van der Waals surface area contributed by atoms with E-state index in [4.69, 9.17) is 0 Å². The Labute approximate surface area is 98.0 Å². The van der Waals surface area contributed by atoms with Gasteiger partial charge in [-0.15, -0.1) is 0 Å². The van der Waals surface area contributed by atoms with E-state index in [0.29, 0.717) is 18.5 Å². The number of methoxy groups -OCH3 is 1. The van der Waals surface area contributed by atoms with Gasteiger partial charge in [0.05, 0.1) is 7.11 Å². The van der Waals surface area contributed by atoms with E-state index in [2.05, 4.69) is 4.74 Å². The highest BCUT2D eigenvalue weighted by atomic mass is 19.1. The highest BCUT2D eigenvalue weighted by molar-refractivity contribution is 5.82. The maximum atomic E-state index is 13.8. The van der Waals surface area contributed by atoms with Crippen molar-refractivity contribution in [1.29, 1.82) is 0 Å². The maximum absolute atomic E-state index is 13.8. The van der Waals surface area contributed by atoms with Gasteiger partial charge in [0, 0.05) is 6.54 Å². The Balaban J connectivity index is 2.35. The topological polar surface area (TPSA) is 29.5 Å². The van der Waals surface area contributed by atoms with Crippen LogP contribution < -0.4 is 4.90 Å². The molecular weight excluding hydrogens is 228 g/mol. The fraction of sp³-hybridized carbons (Fsp3) is 0.417. The van der Waals surface area contributed by atoms with E-state index in [-0.39, 0.29) is 5.69 Å². The van der Waals surface area contributed by atoms with Crippen molar-refractivity contribution in [3.63, 3.8) is 0 Å². The number of ether oxygens (including phenoxy) is 1. The van der Waals surface area contributed by atoms with Gasteiger partial charge >= 0.3 is 5.97 Å². The number of halogens is 2. The quantitative estimate of drug-likeness (QED) is 0.742. The molecule has 0 radical (unpaired) electrons. The third kappa shape index (κ3) is 1.85. The van der Waals surface area contributed by atoms with Crippen LogP contribution in [0.2, 0.25) is 0 Å². The summed E-state index contributed by atoms with van der Waals surface area (Å²) in [7, 11) is 1.27. The Bertz CT molecular complexity index is 462. The molecule has 0 amide bonds. The van der Waals surface area contributed by atoms with Gasteiger partial charge in [-0.05, 0) is 25.0 Å². The van der Waals surface area contributed by atoms with Gasteiger partial charge in [0.25, 0.3) is 0 Å². The van der Waals surface area contributed by atoms with E-state index in [1.165, 1.54) is 24.1 Å². The molecule has 5 heteroatoms. The third-order valence-corrected chi connectivity index (χ3v) is 3.04. The van der Waals surface area contributed by atoms with Crippen molar-refractivity contribution in [3.05, 3.63) is 29.3 Å². The SMILES string of the molecule is COC(=O)C1CCN1c1c(F)ccc(C)c1F. The van der Waals surface area contributed by atoms with Gasteiger partial charge in [-0.1, -0.05) is 6.07 Å². The van der Waals surface area contributed by atoms with Crippen molar-refractivity contribution in [2.24, 2.45) is 0 Å². The molecule has 1 aromatic carbocycles. The summed E-state index contributed by atoms with van der Waals surface area (Å²) < 4.78 is 32.0. The number of anilines is 1. The lowest BCUT2D eigenvalue weighted by molar-refractivity contribution is -0.143. The van der Waals surface area contributed by atoms with E-state index < -0.39 is 23.6 Å². The van der Waals surface area contributed by atoms with E-state index >= 15 is 0 Å². The summed E-state index contributed by atoms with van der Waals surface area (Å²) in [5, 5.41) is 0. The fourth-order valence-corrected chi connectivity index (χ4v) is 1.94. The van der Waals surface area contributed by atoms with Gasteiger partial charge < -0.3 is 9.64 Å². The Kier molecular flexibility index (Phi) is 3.00. The van der Waals surface area contributed by atoms with Crippen molar-refractivity contribution in [2.45, 2.75) is 19.4 Å². The Morgan fingerprint density at radius 1 is 1.47 bits per heavy atom. The number of nitrogens with zero attached hydrogens (tertiary/aromatic N) is 1. The molecule has 0 bridgehead atoms. The largest absolute Gasteiger partial charge is 0.467 e. The van der Waals surface area contributed by atoms with Crippen LogP contribution in [-0.4, -0.2) is 25.7 Å². The maximum Gasteiger partial charge on any atom is 0.328 e. The smallest absolute Gasteiger partial charge is 0.328 e. The van der Waals surface area contributed by atoms with Crippen molar-refractivity contribution in [3.8, 4) is 0 Å². The summed E-state index contributed by atoms with van der Waals surface area (Å²) >= 11 is 0. The van der Waals surface area contributed by atoms with Gasteiger partial charge in [-0.3, -0.25) is 0 Å². The standard InChI is InChI=1S/C12H13F2NO2/c1-7-3-4-8(13)11(10(7)14)15-6-5-9(15)12(16)17-2/h3-4,9H,5-6H2,1-2H3. The number of rotatable bonds is 2. The number of hydrogen-bond acceptors (Lipinski definition) is 3. The summed E-state index contributed by atoms with van der Waals surface area (Å²) in [6.45, 7) is 2.02. The molecule has 1 aliphatic rings. The molecule has 0 aliphatic carbocycles. The summed E-state index contributed by atoms with van der Waals surface area (Å²) in [5.41, 5.74) is 0.226. The van der Waals surface area contributed by atoms with Crippen LogP contribution in [0, 0.1) is 18.6 Å². The minimum Gasteiger partial charge on any atom is -0.467 e. The first-order valence-corrected chi connectivity index (χ1v) is 5.35. The first kappa shape index (κ1) is 11.8. The number of hydrogen-bond donors (Lipinski definition) is 0. The van der Waals surface area contributed by atoms with Gasteiger partial charge in [0.2, 0.25) is 0 Å². The van der Waals surface area contributed by atoms with Gasteiger partial charge in [0.15, 0.2) is 5.82 Å². The average Bonchev–Trinajstić information content (AvgIpc) is 2.27. The molecule has 0 aromatic heterocycles. The zero-order valence-electron chi connectivity index (χ0n) is 9.67. The lowest BCUT2D eigenvalue weighted by Gasteiger charge is -2.40. The van der Waals surface area contributed by atoms with E-state index in [9.17, 15) is 13.6 Å². The van der Waals surface area contributed by atoms with Crippen LogP contribution >= 0.6 is 0 Å². The van der Waals surface area contributed by atoms with E-state index in [1.54, 1.807) is 6.92 Å². The minimum absolute atomic E-state index is 0.133. The lowest BCUT2D eigenvalue weighted by Crippen LogP contribution is -2.53. The zero-order valence-corrected chi connectivity index (χ0v) is 9.67. The Morgan fingerprint density at radius 3 is 2.71 bits per heavy atom. The molecule has 1 saturated heterocycles. The Morgan fingerprint density at radius 2 is 2.18 bits per heavy atom. The predicted octanol–water partition coefficient (Wildman–Crippen LogP) is 2.02. The van der Waals surface area contributed by atoms with Crippen molar-refractivity contribution in [2.75, 3.05) is 18.6 Å². The van der Waals surface area contributed by atoms with E-state index in [0.717, 1.165) is 0 Å². The average molecular weight is 241 g/mol. The molecule has 17 heavy (non-hydrogen) atoms. The molecule has 2 rings (SSSR count). The third-order valence-electron chi connectivity index (χ3n) is 3.04. The van der Waals surface area contributed by atoms with Crippen molar-refractivity contribution in [1.82, 2.24) is 0 Å². The summed E-state index contributed by atoms with van der Waals surface area (Å²) in [4.78, 5) is 12.8. The molecule has 1 heterocycles. The predicted molar refractivity (Wildman–Crippen MR) is 58.9 cm³/mol. The summed E-state index contributed by atoms with van der Waals surface area (Å²) in [5.74, 6) is -1.73. The molecule has 92 valence electrons. The Hall–Kier alpha value is -1.65. The molecule has 1 atom stereocenters. The first-order valence-electron chi connectivity index (χ1n) is 5.35. The second-order valence-corrected chi connectivity index (χ2v) is 4.05. The second-order valence-electron chi connectivity index (χ2n) is 4.05. The van der Waals surface area contributed by atoms with Gasteiger partial charge in [0.1, 0.15) is 17.5 Å². The number of aryl methyl sites for hydroxylation is 1. The van der Waals surface area contributed by atoms with Gasteiger partial charge in [-0.25, -0.2) is 13.6 Å². The summed E-state index contributed by atoms with van der Waals surface area (Å²) in [6, 6.07) is 2.01. The molecule has 3 nitrogen and oxygen atoms in total. The molecular formula is C12H13F2NO2. The van der Waals surface area contributed by atoms with Crippen LogP contribution in [0.5, 0.6) is 0 Å². The van der Waals surface area contributed by atoms with Crippen LogP contribution in [0.4, 0.5) is 14.5 Å². The normalized spacial score (nSPS) is 18.8. The minimum atomic E-state index is -0.651. The fourth-order valence-electron chi connectivity index (χ4n) is 1.94. The van der Waals surface area contributed by atoms with Gasteiger partial charge in [-0.2, -0.15) is 0 Å². The van der Waals surface area contributed by atoms with Crippen LogP contribution in [0.3, 0.4) is 0 Å². The molecule has 1 fully saturated rings. The van der Waals surface area contributed by atoms with Crippen LogP contribution in [0.1, 0.15) is 12.0 Å². The lowest BCUT2D eigenvalue weighted by atomic mass is 10.0. The monoisotopic (exact) mass is 241 g/mol. The van der Waals surface area contributed by atoms with Crippen LogP contribution in [0.15, 0.2) is 12.1 Å². The molecule has 0 saturated carbocycles. The second kappa shape index (κ2) is 4.31. The van der Waals surface area contributed by atoms with Crippen LogP contribution in [0.25, 0.3) is 0 Å². The number of carbonyl (C=O) groups excluding carboxylic acids is 1. The van der Waals surface area contributed by atoms with Crippen LogP contribution in [-0.2, 0) is 9.53 Å². The van der Waals surface area contributed by atoms with E-state index in [1.807, 2.05) is 0 Å².